The summed E-state index contributed by atoms with van der Waals surface area (Å²) < 4.78 is 45.6. The van der Waals surface area contributed by atoms with Gasteiger partial charge in [0.1, 0.15) is 0 Å². The van der Waals surface area contributed by atoms with Crippen molar-refractivity contribution >= 4 is 58.8 Å². The van der Waals surface area contributed by atoms with Crippen molar-refractivity contribution in [2.24, 2.45) is 5.41 Å². The van der Waals surface area contributed by atoms with Gasteiger partial charge in [0.2, 0.25) is 0 Å². The van der Waals surface area contributed by atoms with Gasteiger partial charge in [0, 0.05) is 0 Å². The molecule has 0 aliphatic rings. The highest BCUT2D eigenvalue weighted by molar-refractivity contribution is 6.56. The van der Waals surface area contributed by atoms with E-state index in [1.165, 1.54) is 148 Å². The summed E-state index contributed by atoms with van der Waals surface area (Å²) in [5.74, 6) is 7.21. The molecule has 0 aliphatic heterocycles. The van der Waals surface area contributed by atoms with Crippen LogP contribution in [0.3, 0.4) is 0 Å². The third-order valence-electron chi connectivity index (χ3n) is 13.6. The Labute approximate surface area is 402 Å². The fourth-order valence-electron chi connectivity index (χ4n) is 10.0. The van der Waals surface area contributed by atoms with Crippen LogP contribution < -0.4 is 58.6 Å². The second kappa shape index (κ2) is 31.2. The zero-order chi connectivity index (χ0) is 46.5. The minimum Gasteiger partial charge on any atom is -0.493 e. The summed E-state index contributed by atoms with van der Waals surface area (Å²) in [5, 5.41) is 5.54. The lowest BCUT2D eigenvalue weighted by atomic mass is 9.70. The summed E-state index contributed by atoms with van der Waals surface area (Å²) in [6, 6.07) is 30.7. The largest absolute Gasteiger partial charge is 0.493 e. The maximum Gasteiger partial charge on any atom is 0.160 e. The van der Waals surface area contributed by atoms with E-state index in [9.17, 15) is 0 Å². The van der Waals surface area contributed by atoms with E-state index in [0.717, 1.165) is 46.0 Å². The van der Waals surface area contributed by atoms with Crippen LogP contribution in [0.5, 0.6) is 46.0 Å². The van der Waals surface area contributed by atoms with Gasteiger partial charge in [-0.25, -0.2) is 0 Å². The van der Waals surface area contributed by atoms with Crippen LogP contribution in [0.4, 0.5) is 0 Å². The van der Waals surface area contributed by atoms with Gasteiger partial charge in [-0.1, -0.05) is 150 Å². The monoisotopic (exact) mass is 961 g/mol. The Kier molecular flexibility index (Phi) is 25.8. The van der Waals surface area contributed by atoms with Crippen molar-refractivity contribution in [1.82, 2.24) is 0 Å². The fraction of sp³-hybridized carbons (Fsp3) is 0.547. The zero-order valence-corrected chi connectivity index (χ0v) is 47.3. The highest BCUT2D eigenvalue weighted by Gasteiger charge is 2.28. The molecule has 0 saturated carbocycles. The molecule has 0 N–H and O–H groups in total. The predicted octanol–water partition coefficient (Wildman–Crippen LogP) is 7.93. The Balaban J connectivity index is 1.40. The van der Waals surface area contributed by atoms with Crippen LogP contribution >= 0.6 is 0 Å². The molecule has 8 nitrogen and oxygen atoms in total. The van der Waals surface area contributed by atoms with E-state index in [-0.39, 0.29) is 0 Å². The van der Waals surface area contributed by atoms with Crippen LogP contribution in [0.2, 0.25) is 24.2 Å². The molecule has 4 rings (SSSR count). The highest BCUT2D eigenvalue weighted by atomic mass is 28.2. The standard InChI is InChI=1S/C53H84O8Si4/c1-54-41-25-21-29-45(49(41)58-5)62-37-17-9-13-33-53(34-14-10-18-38-63-46-30-22-26-42(55-2)50(46)59-6,35-15-11-19-39-64-47-31-23-27-43(56-3)51(47)60-7)36-16-12-20-40-65-48-32-24-28-44(57-4)52(48)61-8/h21-32H,9-20,33-40,62-65H2,1-8H3. The average Bonchev–Trinajstić information content (AvgIpc) is 3.34. The van der Waals surface area contributed by atoms with E-state index in [1.54, 1.807) is 56.9 Å². The van der Waals surface area contributed by atoms with E-state index in [4.69, 9.17) is 37.9 Å². The Bertz CT molecular complexity index is 1650. The minimum absolute atomic E-state index is 0.418. The number of rotatable bonds is 36. The molecule has 0 bridgehead atoms. The van der Waals surface area contributed by atoms with Crippen molar-refractivity contribution in [2.75, 3.05) is 56.9 Å². The number of unbranched alkanes of at least 4 members (excludes halogenated alkanes) is 8. The molecule has 0 unspecified atom stereocenters. The summed E-state index contributed by atoms with van der Waals surface area (Å²) in [6.45, 7) is 0. The number of benzene rings is 4. The van der Waals surface area contributed by atoms with Gasteiger partial charge in [0.05, 0.1) is 95.0 Å². The van der Waals surface area contributed by atoms with Crippen LogP contribution in [0.15, 0.2) is 72.8 Å². The number of hydrogen-bond donors (Lipinski definition) is 0. The molecule has 0 amide bonds. The lowest BCUT2D eigenvalue weighted by molar-refractivity contribution is 0.173. The quantitative estimate of drug-likeness (QED) is 0.0337. The third kappa shape index (κ3) is 17.4. The Morgan fingerprint density at radius 1 is 0.292 bits per heavy atom. The molecule has 0 saturated heterocycles. The van der Waals surface area contributed by atoms with Gasteiger partial charge >= 0.3 is 0 Å². The molecule has 0 fully saturated rings. The van der Waals surface area contributed by atoms with E-state index in [2.05, 4.69) is 48.5 Å². The third-order valence-corrected chi connectivity index (χ3v) is 21.3. The first-order valence-corrected chi connectivity index (χ1v) is 31.5. The average molecular weight is 962 g/mol. The first-order valence-electron chi connectivity index (χ1n) is 24.7. The van der Waals surface area contributed by atoms with Crippen LogP contribution in [0, 0.1) is 5.41 Å². The first-order chi connectivity index (χ1) is 31.9. The van der Waals surface area contributed by atoms with E-state index in [1.807, 2.05) is 24.3 Å². The van der Waals surface area contributed by atoms with Crippen LogP contribution in [-0.4, -0.2) is 95.0 Å². The highest BCUT2D eigenvalue weighted by Crippen LogP contribution is 2.42. The summed E-state index contributed by atoms with van der Waals surface area (Å²) in [7, 11) is 12.3. The SMILES string of the molecule is COc1cccc([SiH2]CCCCCC(CCCCC[SiH2]c2cccc(OC)c2OC)(CCCCC[SiH2]c2cccc(OC)c2OC)CCCCC[SiH2]c2cccc(OC)c2OC)c1OC. The molecular weight excluding hydrogens is 877 g/mol. The molecule has 0 spiro atoms. The van der Waals surface area contributed by atoms with Crippen molar-refractivity contribution in [3.63, 3.8) is 0 Å². The molecule has 360 valence electrons. The van der Waals surface area contributed by atoms with Crippen molar-refractivity contribution < 1.29 is 37.9 Å². The van der Waals surface area contributed by atoms with Gasteiger partial charge in [0.15, 0.2) is 46.0 Å². The van der Waals surface area contributed by atoms with Gasteiger partial charge in [-0.2, -0.15) is 0 Å². The van der Waals surface area contributed by atoms with Crippen LogP contribution in [0.25, 0.3) is 0 Å². The second-order valence-corrected chi connectivity index (χ2v) is 25.6. The molecule has 0 atom stereocenters. The van der Waals surface area contributed by atoms with Gasteiger partial charge in [-0.3, -0.25) is 0 Å². The number of para-hydroxylation sites is 4. The first kappa shape index (κ1) is 53.8. The van der Waals surface area contributed by atoms with E-state index >= 15 is 0 Å². The van der Waals surface area contributed by atoms with Gasteiger partial charge in [0.25, 0.3) is 0 Å². The number of ether oxygens (including phenoxy) is 8. The Morgan fingerprint density at radius 3 is 0.723 bits per heavy atom. The van der Waals surface area contributed by atoms with Crippen molar-refractivity contribution in [1.29, 1.82) is 0 Å². The van der Waals surface area contributed by atoms with Gasteiger partial charge < -0.3 is 37.9 Å². The van der Waals surface area contributed by atoms with E-state index < -0.39 is 38.1 Å². The van der Waals surface area contributed by atoms with Crippen molar-refractivity contribution in [3.8, 4) is 46.0 Å². The smallest absolute Gasteiger partial charge is 0.160 e. The lowest BCUT2D eigenvalue weighted by Crippen LogP contribution is -2.22. The molecule has 0 aliphatic carbocycles. The topological polar surface area (TPSA) is 73.8 Å². The molecule has 0 heterocycles. The van der Waals surface area contributed by atoms with Crippen molar-refractivity contribution in [2.45, 2.75) is 127 Å². The Hall–Kier alpha value is -3.85. The second-order valence-electron chi connectivity index (χ2n) is 17.8. The lowest BCUT2D eigenvalue weighted by Gasteiger charge is -2.35. The summed E-state index contributed by atoms with van der Waals surface area (Å²) in [6.07, 6.45) is 21.2. The number of hydrogen-bond acceptors (Lipinski definition) is 8. The molecule has 65 heavy (non-hydrogen) atoms. The molecule has 0 radical (unpaired) electrons. The molecule has 4 aromatic rings. The molecular formula is C53H84O8Si4. The maximum absolute atomic E-state index is 5.79. The Morgan fingerprint density at radius 2 is 0.523 bits per heavy atom. The molecule has 12 heteroatoms. The molecule has 4 aromatic carbocycles. The fourth-order valence-corrected chi connectivity index (χ4v) is 17.4. The van der Waals surface area contributed by atoms with Crippen LogP contribution in [0.1, 0.15) is 103 Å². The van der Waals surface area contributed by atoms with Gasteiger partial charge in [-0.15, -0.1) is 0 Å². The summed E-state index contributed by atoms with van der Waals surface area (Å²) in [5.41, 5.74) is 0.418. The normalized spacial score (nSPS) is 12.8. The minimum atomic E-state index is -0.432. The van der Waals surface area contributed by atoms with Crippen LogP contribution in [-0.2, 0) is 0 Å². The zero-order valence-electron chi connectivity index (χ0n) is 41.7. The maximum atomic E-state index is 5.79. The van der Waals surface area contributed by atoms with E-state index in [0.29, 0.717) is 5.41 Å². The van der Waals surface area contributed by atoms with Crippen molar-refractivity contribution in [3.05, 3.63) is 72.8 Å². The predicted molar refractivity (Wildman–Crippen MR) is 286 cm³/mol. The van der Waals surface area contributed by atoms with Gasteiger partial charge in [-0.05, 0) is 76.1 Å². The number of methoxy groups -OCH3 is 8. The summed E-state index contributed by atoms with van der Waals surface area (Å²) in [4.78, 5) is 0. The molecule has 0 aromatic heterocycles. The summed E-state index contributed by atoms with van der Waals surface area (Å²) >= 11 is 0.